The monoisotopic (exact) mass is 394 g/mol. The molecule has 7 heteroatoms. The third-order valence-electron chi connectivity index (χ3n) is 4.67. The maximum absolute atomic E-state index is 12.1. The lowest BCUT2D eigenvalue weighted by molar-refractivity contribution is 0.252. The van der Waals surface area contributed by atoms with Gasteiger partial charge in [-0.2, -0.15) is 0 Å². The second-order valence-electron chi connectivity index (χ2n) is 6.49. The van der Waals surface area contributed by atoms with Crippen LogP contribution in [0.25, 0.3) is 5.70 Å². The van der Waals surface area contributed by atoms with Crippen LogP contribution in [0.3, 0.4) is 0 Å². The Morgan fingerprint density at radius 1 is 1.18 bits per heavy atom. The lowest BCUT2D eigenvalue weighted by Crippen LogP contribution is -2.30. The van der Waals surface area contributed by atoms with Crippen molar-refractivity contribution in [2.45, 2.75) is 6.42 Å². The summed E-state index contributed by atoms with van der Waals surface area (Å²) in [6, 6.07) is 15.6. The molecular weight excluding hydrogens is 372 g/mol. The van der Waals surface area contributed by atoms with E-state index in [9.17, 15) is 4.79 Å². The molecule has 2 N–H and O–H groups in total. The minimum Gasteiger partial charge on any atom is -0.497 e. The number of aliphatic imine (C=N–C) groups is 1. The molecule has 0 aromatic heterocycles. The van der Waals surface area contributed by atoms with Crippen LogP contribution in [0.4, 0.5) is 10.5 Å². The van der Waals surface area contributed by atoms with Crippen molar-refractivity contribution in [3.63, 3.8) is 0 Å². The Hall–Kier alpha value is -2.93. The van der Waals surface area contributed by atoms with Crippen LogP contribution in [-0.2, 0) is 6.42 Å². The van der Waals surface area contributed by atoms with E-state index in [1.165, 1.54) is 5.70 Å². The van der Waals surface area contributed by atoms with Gasteiger partial charge in [0.15, 0.2) is 5.17 Å². The molecule has 0 aliphatic carbocycles. The Morgan fingerprint density at radius 2 is 1.96 bits per heavy atom. The van der Waals surface area contributed by atoms with E-state index in [0.717, 1.165) is 47.2 Å². The fraction of sp³-hybridized carbons (Fsp3) is 0.238. The van der Waals surface area contributed by atoms with Gasteiger partial charge in [-0.25, -0.2) is 4.79 Å². The summed E-state index contributed by atoms with van der Waals surface area (Å²) in [7, 11) is 1.65. The molecular formula is C21H22N4O2S. The predicted molar refractivity (Wildman–Crippen MR) is 115 cm³/mol. The Morgan fingerprint density at radius 3 is 2.71 bits per heavy atom. The van der Waals surface area contributed by atoms with Gasteiger partial charge in [0.1, 0.15) is 5.75 Å². The number of thioether (sulfide) groups is 1. The zero-order chi connectivity index (χ0) is 19.3. The minimum absolute atomic E-state index is 0.203. The van der Waals surface area contributed by atoms with Crippen LogP contribution >= 0.6 is 11.8 Å². The molecule has 2 amide bonds. The molecule has 0 spiro atoms. The van der Waals surface area contributed by atoms with Crippen LogP contribution in [0.15, 0.2) is 58.9 Å². The van der Waals surface area contributed by atoms with E-state index in [1.807, 2.05) is 48.5 Å². The predicted octanol–water partition coefficient (Wildman–Crippen LogP) is 3.78. The first-order valence-corrected chi connectivity index (χ1v) is 10.1. The summed E-state index contributed by atoms with van der Waals surface area (Å²) in [5.74, 6) is 0.832. The van der Waals surface area contributed by atoms with Crippen LogP contribution in [0.5, 0.6) is 5.75 Å². The molecule has 2 aromatic carbocycles. The number of anilines is 1. The molecule has 0 fully saturated rings. The van der Waals surface area contributed by atoms with E-state index in [0.29, 0.717) is 6.54 Å². The number of hydrogen-bond donors (Lipinski definition) is 2. The normalized spacial score (nSPS) is 15.0. The summed E-state index contributed by atoms with van der Waals surface area (Å²) in [6.45, 7) is 2.36. The summed E-state index contributed by atoms with van der Waals surface area (Å²) in [5.41, 5.74) is 4.23. The van der Waals surface area contributed by atoms with Crippen LogP contribution in [-0.4, -0.2) is 42.8 Å². The number of fused-ring (bicyclic) bond motifs is 1. The number of rotatable bonds is 6. The highest BCUT2D eigenvalue weighted by Crippen LogP contribution is 2.35. The standard InChI is InChI=1S/C21H22N4O2S/c1-27-18-8-2-15(3-9-18)10-11-22-20(26)24-17-6-4-16(5-7-17)19-14-28-21-23-12-13-25(19)21/h2-9,14H,10-13H2,1H3,(H2,22,24,26). The second kappa shape index (κ2) is 8.39. The molecule has 0 unspecified atom stereocenters. The average Bonchev–Trinajstić information content (AvgIpc) is 3.33. The number of methoxy groups -OCH3 is 1. The lowest BCUT2D eigenvalue weighted by Gasteiger charge is -2.17. The summed E-state index contributed by atoms with van der Waals surface area (Å²) < 4.78 is 5.15. The SMILES string of the molecule is COc1ccc(CCNC(=O)Nc2ccc(C3=CSC4=NCCN34)cc2)cc1. The smallest absolute Gasteiger partial charge is 0.319 e. The molecule has 28 heavy (non-hydrogen) atoms. The third-order valence-corrected chi connectivity index (χ3v) is 5.57. The van der Waals surface area contributed by atoms with Gasteiger partial charge in [-0.05, 0) is 41.8 Å². The fourth-order valence-corrected chi connectivity index (χ4v) is 4.12. The second-order valence-corrected chi connectivity index (χ2v) is 7.33. The number of carbonyl (C=O) groups excluding carboxylic acids is 1. The van der Waals surface area contributed by atoms with Crippen molar-refractivity contribution < 1.29 is 9.53 Å². The van der Waals surface area contributed by atoms with E-state index in [4.69, 9.17) is 4.74 Å². The number of nitrogens with zero attached hydrogens (tertiary/aromatic N) is 2. The Labute approximate surface area is 168 Å². The quantitative estimate of drug-likeness (QED) is 0.783. The maximum Gasteiger partial charge on any atom is 0.319 e. The summed E-state index contributed by atoms with van der Waals surface area (Å²) in [6.07, 6.45) is 0.766. The van der Waals surface area contributed by atoms with Crippen molar-refractivity contribution in [1.29, 1.82) is 0 Å². The highest BCUT2D eigenvalue weighted by atomic mass is 32.2. The molecule has 6 nitrogen and oxygen atoms in total. The summed E-state index contributed by atoms with van der Waals surface area (Å²) in [4.78, 5) is 18.8. The third kappa shape index (κ3) is 4.14. The zero-order valence-corrected chi connectivity index (χ0v) is 16.5. The van der Waals surface area contributed by atoms with E-state index >= 15 is 0 Å². The minimum atomic E-state index is -0.203. The van der Waals surface area contributed by atoms with Crippen LogP contribution in [0.1, 0.15) is 11.1 Å². The number of amidine groups is 1. The topological polar surface area (TPSA) is 66.0 Å². The lowest BCUT2D eigenvalue weighted by atomic mass is 10.1. The fourth-order valence-electron chi connectivity index (χ4n) is 3.16. The molecule has 0 bridgehead atoms. The van der Waals surface area contributed by atoms with Gasteiger partial charge in [0.25, 0.3) is 0 Å². The Kier molecular flexibility index (Phi) is 5.53. The molecule has 0 radical (unpaired) electrons. The molecule has 0 saturated carbocycles. The number of benzene rings is 2. The molecule has 2 heterocycles. The van der Waals surface area contributed by atoms with E-state index in [1.54, 1.807) is 18.9 Å². The molecule has 2 aliphatic heterocycles. The molecule has 0 saturated heterocycles. The highest BCUT2D eigenvalue weighted by molar-refractivity contribution is 8.16. The molecule has 4 rings (SSSR count). The number of carbonyl (C=O) groups is 1. The van der Waals surface area contributed by atoms with Crippen molar-refractivity contribution in [1.82, 2.24) is 10.2 Å². The van der Waals surface area contributed by atoms with Crippen molar-refractivity contribution in [2.75, 3.05) is 32.1 Å². The van der Waals surface area contributed by atoms with Gasteiger partial charge in [0, 0.05) is 24.2 Å². The Balaban J connectivity index is 1.26. The largest absolute Gasteiger partial charge is 0.497 e. The molecule has 144 valence electrons. The molecule has 0 atom stereocenters. The van der Waals surface area contributed by atoms with Crippen LogP contribution < -0.4 is 15.4 Å². The molecule has 2 aromatic rings. The van der Waals surface area contributed by atoms with Crippen LogP contribution in [0.2, 0.25) is 0 Å². The van der Waals surface area contributed by atoms with Crippen molar-refractivity contribution in [3.8, 4) is 5.75 Å². The first-order valence-electron chi connectivity index (χ1n) is 9.20. The van der Waals surface area contributed by atoms with Gasteiger partial charge in [0.2, 0.25) is 0 Å². The summed E-state index contributed by atoms with van der Waals surface area (Å²) >= 11 is 1.67. The zero-order valence-electron chi connectivity index (χ0n) is 15.6. The Bertz CT molecular complexity index is 907. The van der Waals surface area contributed by atoms with E-state index < -0.39 is 0 Å². The van der Waals surface area contributed by atoms with Gasteiger partial charge in [-0.15, -0.1) is 0 Å². The van der Waals surface area contributed by atoms with E-state index in [2.05, 4.69) is 25.9 Å². The number of nitrogens with one attached hydrogen (secondary N) is 2. The number of urea groups is 1. The van der Waals surface area contributed by atoms with Gasteiger partial charge < -0.3 is 20.3 Å². The highest BCUT2D eigenvalue weighted by Gasteiger charge is 2.26. The number of ether oxygens (including phenoxy) is 1. The average molecular weight is 395 g/mol. The number of amides is 2. The first-order chi connectivity index (χ1) is 13.7. The van der Waals surface area contributed by atoms with Gasteiger partial charge in [-0.1, -0.05) is 36.0 Å². The summed E-state index contributed by atoms with van der Waals surface area (Å²) in [5, 5.41) is 8.98. The van der Waals surface area contributed by atoms with Gasteiger partial charge >= 0.3 is 6.03 Å². The van der Waals surface area contributed by atoms with E-state index in [-0.39, 0.29) is 6.03 Å². The van der Waals surface area contributed by atoms with Crippen LogP contribution in [0, 0.1) is 0 Å². The molecule has 2 aliphatic rings. The maximum atomic E-state index is 12.1. The van der Waals surface area contributed by atoms with Gasteiger partial charge in [-0.3, -0.25) is 4.99 Å². The first kappa shape index (κ1) is 18.4. The van der Waals surface area contributed by atoms with Crippen molar-refractivity contribution in [2.24, 2.45) is 4.99 Å². The van der Waals surface area contributed by atoms with Gasteiger partial charge in [0.05, 0.1) is 19.4 Å². The number of hydrogen-bond acceptors (Lipinski definition) is 5. The van der Waals surface area contributed by atoms with Crippen molar-refractivity contribution >= 4 is 34.3 Å². The van der Waals surface area contributed by atoms with Crippen molar-refractivity contribution in [3.05, 3.63) is 65.1 Å².